The van der Waals surface area contributed by atoms with Crippen molar-refractivity contribution in [1.82, 2.24) is 15.0 Å². The van der Waals surface area contributed by atoms with Crippen molar-refractivity contribution in [1.29, 1.82) is 0 Å². The molecule has 756 valence electrons. The zero-order valence-corrected chi connectivity index (χ0v) is 91.5. The van der Waals surface area contributed by atoms with Crippen LogP contribution in [0.5, 0.6) is 0 Å². The maximum Gasteiger partial charge on any atom is 0.164 e. The van der Waals surface area contributed by atoms with E-state index in [2.05, 4.69) is 431 Å². The highest BCUT2D eigenvalue weighted by molar-refractivity contribution is 5.92. The highest BCUT2D eigenvalue weighted by atomic mass is 15.2. The minimum atomic E-state index is -0.336. The summed E-state index contributed by atoms with van der Waals surface area (Å²) in [5.74, 6) is 9.54. The van der Waals surface area contributed by atoms with E-state index < -0.39 is 0 Å². The van der Waals surface area contributed by atoms with Gasteiger partial charge in [0.1, 0.15) is 0 Å². The minimum absolute atomic E-state index is 0.336. The molecule has 6 unspecified atom stereocenters. The van der Waals surface area contributed by atoms with Crippen LogP contribution in [0.3, 0.4) is 0 Å². The van der Waals surface area contributed by atoms with Gasteiger partial charge < -0.3 is 14.7 Å². The molecule has 12 aromatic carbocycles. The Bertz CT molecular complexity index is 5410. The van der Waals surface area contributed by atoms with E-state index in [0.29, 0.717) is 71.0 Å². The summed E-state index contributed by atoms with van der Waals surface area (Å²) in [6.45, 7) is 44.2. The molecule has 1 heterocycles. The number of aromatic nitrogens is 3. The van der Waals surface area contributed by atoms with E-state index in [4.69, 9.17) is 15.0 Å². The third-order valence-corrected chi connectivity index (χ3v) is 33.6. The van der Waals surface area contributed by atoms with Crippen LogP contribution < -0.4 is 14.7 Å². The largest absolute Gasteiger partial charge is 0.310 e. The molecule has 0 radical (unpaired) electrons. The SMILES string of the molecule is CC(C)CCCC(C)CCC1(CCC(C)CCCC(C)C)c2cc(-c3nc(-c4ccc5c(c4)C(CCC(C)CCCC(C)C)(CCC(C)CCCC(C)C)c4cc(N(c6ccccc6)c6ccccc6)ccc4-5)nc(-c4ccc5c(c4)C(CCC(C)CCCC(C)C)(CCC(C)CCCC(C)C)c4cc(N(c6ccccc6)c6ccccc6)ccc4-5)n3)ccc2-c2ccc(N(c3ccccc3)c3ccccc3)cc21. The van der Waals surface area contributed by atoms with Crippen LogP contribution in [0.2, 0.25) is 0 Å². The molecule has 144 heavy (non-hydrogen) atoms. The number of nitrogens with zero attached hydrogens (tertiary/aromatic N) is 6. The van der Waals surface area contributed by atoms with E-state index in [1.807, 2.05) is 0 Å². The Morgan fingerprint density at radius 3 is 0.514 bits per heavy atom. The van der Waals surface area contributed by atoms with Gasteiger partial charge >= 0.3 is 0 Å². The van der Waals surface area contributed by atoms with Gasteiger partial charge in [-0.3, -0.25) is 0 Å². The van der Waals surface area contributed by atoms with Crippen molar-refractivity contribution in [2.75, 3.05) is 14.7 Å². The van der Waals surface area contributed by atoms with Crippen molar-refractivity contribution in [3.05, 3.63) is 325 Å². The summed E-state index contributed by atoms with van der Waals surface area (Å²) in [7, 11) is 0. The van der Waals surface area contributed by atoms with E-state index in [1.54, 1.807) is 0 Å². The molecule has 3 aliphatic carbocycles. The van der Waals surface area contributed by atoms with Crippen LogP contribution in [-0.4, -0.2) is 15.0 Å². The molecular weight excluding hydrogens is 1740 g/mol. The third-order valence-electron chi connectivity index (χ3n) is 33.6. The molecule has 0 aliphatic heterocycles. The van der Waals surface area contributed by atoms with E-state index in [-0.39, 0.29) is 16.2 Å². The second-order valence-corrected chi connectivity index (χ2v) is 47.9. The lowest BCUT2D eigenvalue weighted by Gasteiger charge is -2.36. The molecule has 0 fully saturated rings. The van der Waals surface area contributed by atoms with Gasteiger partial charge in [-0.05, 0) is 342 Å². The lowest BCUT2D eigenvalue weighted by molar-refractivity contribution is 0.327. The number of hydrogen-bond donors (Lipinski definition) is 0. The predicted molar refractivity (Wildman–Crippen MR) is 621 cm³/mol. The van der Waals surface area contributed by atoms with Crippen molar-refractivity contribution < 1.29 is 0 Å². The average molecular weight is 1920 g/mol. The molecule has 6 atom stereocenters. The number of anilines is 9. The molecule has 1 aromatic heterocycles. The molecule has 0 N–H and O–H groups in total. The van der Waals surface area contributed by atoms with E-state index in [1.165, 1.54) is 199 Å². The normalized spacial score (nSPS) is 16.8. The Hall–Kier alpha value is -11.0. The van der Waals surface area contributed by atoms with Crippen LogP contribution in [0.1, 0.15) is 351 Å². The first-order valence-electron chi connectivity index (χ1n) is 57.1. The van der Waals surface area contributed by atoms with Gasteiger partial charge in [0.25, 0.3) is 0 Å². The second kappa shape index (κ2) is 49.5. The molecule has 13 aromatic rings. The minimum Gasteiger partial charge on any atom is -0.310 e. The summed E-state index contributed by atoms with van der Waals surface area (Å²) >= 11 is 0. The fourth-order valence-corrected chi connectivity index (χ4v) is 24.9. The van der Waals surface area contributed by atoms with Crippen molar-refractivity contribution in [2.45, 2.75) is 333 Å². The number of hydrogen-bond acceptors (Lipinski definition) is 6. The molecule has 16 rings (SSSR count). The molecule has 3 aliphatic rings. The van der Waals surface area contributed by atoms with Crippen LogP contribution in [0.15, 0.2) is 291 Å². The summed E-state index contributed by atoms with van der Waals surface area (Å²) < 4.78 is 0. The number of benzene rings is 12. The van der Waals surface area contributed by atoms with Gasteiger partial charge in [-0.1, -0.05) is 404 Å². The predicted octanol–water partition coefficient (Wildman–Crippen LogP) is 41.5. The number of fused-ring (bicyclic) bond motifs is 9. The Balaban J connectivity index is 0.939. The van der Waals surface area contributed by atoms with Gasteiger partial charge in [0, 0.05) is 84.1 Å². The van der Waals surface area contributed by atoms with Crippen LogP contribution in [-0.2, 0) is 16.2 Å². The lowest BCUT2D eigenvalue weighted by Crippen LogP contribution is -2.28. The van der Waals surface area contributed by atoms with Gasteiger partial charge in [-0.15, -0.1) is 0 Å². The fourth-order valence-electron chi connectivity index (χ4n) is 24.9. The fraction of sp³-hybridized carbons (Fsp3) is 0.457. The smallest absolute Gasteiger partial charge is 0.164 e. The highest BCUT2D eigenvalue weighted by Crippen LogP contribution is 2.62. The molecule has 0 amide bonds. The first-order valence-corrected chi connectivity index (χ1v) is 57.1. The van der Waals surface area contributed by atoms with Gasteiger partial charge in [-0.2, -0.15) is 0 Å². The van der Waals surface area contributed by atoms with Gasteiger partial charge in [0.15, 0.2) is 17.5 Å². The summed E-state index contributed by atoms with van der Waals surface area (Å²) in [5.41, 5.74) is 29.4. The van der Waals surface area contributed by atoms with E-state index in [0.717, 1.165) is 145 Å². The molecule has 0 saturated heterocycles. The monoisotopic (exact) mass is 1920 g/mol. The maximum atomic E-state index is 6.18. The van der Waals surface area contributed by atoms with Crippen molar-refractivity contribution in [3.8, 4) is 67.5 Å². The molecule has 0 spiro atoms. The second-order valence-electron chi connectivity index (χ2n) is 47.9. The molecule has 0 saturated carbocycles. The first kappa shape index (κ1) is 106. The van der Waals surface area contributed by atoms with Gasteiger partial charge in [-0.25, -0.2) is 15.0 Å². The summed E-state index contributed by atoms with van der Waals surface area (Å²) in [5, 5.41) is 0. The highest BCUT2D eigenvalue weighted by Gasteiger charge is 2.48. The third kappa shape index (κ3) is 25.5. The maximum absolute atomic E-state index is 6.18. The molecule has 6 nitrogen and oxygen atoms in total. The Kier molecular flexibility index (Phi) is 36.4. The molecule has 0 bridgehead atoms. The molecule has 6 heteroatoms. The summed E-state index contributed by atoms with van der Waals surface area (Å²) in [6, 6.07) is 112. The quantitative estimate of drug-likeness (QED) is 0.0379. The topological polar surface area (TPSA) is 48.4 Å². The standard InChI is InChI=1S/C138H174N6/c1-97(2)43-37-49-103(13)79-85-136(86-80-104(14)50-38-44-98(3)4)127-91-109(67-73-121(127)124-76-70-118(94-130(124)136)142(112-55-25-19-26-56-112)113-57-27-20-28-58-113)133-139-134(110-68-74-122-125-77-71-119(143(114-59-29-21-30-60-114)115-61-31-22-32-62-115)95-131(125)137(128(122)92-110,87-81-105(15)51-39-45-99(5)6)88-82-106(16)52-40-46-100(7)8)141-135(140-133)111-69-75-123-126-78-72-120(144(116-63-33-23-34-64-116)117-65-35-24-36-66-117)96-132(126)138(129(123)93-111,89-83-107(17)53-41-47-101(9)10)90-84-108(18)54-42-48-102(11)12/h19-36,55-78,91-108H,37-54,79-90H2,1-18H3. The Morgan fingerprint density at radius 2 is 0.340 bits per heavy atom. The van der Waals surface area contributed by atoms with Crippen LogP contribution in [0, 0.1) is 71.0 Å². The van der Waals surface area contributed by atoms with Crippen LogP contribution in [0.4, 0.5) is 51.2 Å². The summed E-state index contributed by atoms with van der Waals surface area (Å²) in [6.07, 6.45) is 35.4. The summed E-state index contributed by atoms with van der Waals surface area (Å²) in [4.78, 5) is 26.0. The van der Waals surface area contributed by atoms with E-state index >= 15 is 0 Å². The average Bonchev–Trinajstić information content (AvgIpc) is 1.56. The number of rotatable bonds is 54. The van der Waals surface area contributed by atoms with Crippen LogP contribution >= 0.6 is 0 Å². The zero-order valence-electron chi connectivity index (χ0n) is 91.5. The lowest BCUT2D eigenvalue weighted by atomic mass is 9.68. The number of para-hydroxylation sites is 6. The van der Waals surface area contributed by atoms with Crippen molar-refractivity contribution >= 4 is 51.2 Å². The van der Waals surface area contributed by atoms with Crippen molar-refractivity contribution in [3.63, 3.8) is 0 Å². The Morgan fingerprint density at radius 1 is 0.174 bits per heavy atom. The molecular formula is C138H174N6. The first-order chi connectivity index (χ1) is 69.7. The van der Waals surface area contributed by atoms with Gasteiger partial charge in [0.2, 0.25) is 0 Å². The zero-order chi connectivity index (χ0) is 101. The Labute approximate surface area is 871 Å². The van der Waals surface area contributed by atoms with Crippen LogP contribution in [0.25, 0.3) is 67.5 Å². The van der Waals surface area contributed by atoms with Gasteiger partial charge in [0.05, 0.1) is 0 Å². The van der Waals surface area contributed by atoms with Crippen molar-refractivity contribution in [2.24, 2.45) is 71.0 Å². The van der Waals surface area contributed by atoms with E-state index in [9.17, 15) is 0 Å².